The molecule has 3 aromatic rings. The Morgan fingerprint density at radius 1 is 1.09 bits per heavy atom. The summed E-state index contributed by atoms with van der Waals surface area (Å²) >= 11 is 12.6. The van der Waals surface area contributed by atoms with Crippen molar-refractivity contribution in [2.75, 3.05) is 12.4 Å². The molecule has 0 saturated carbocycles. The molecule has 0 atom stereocenters. The van der Waals surface area contributed by atoms with Crippen molar-refractivity contribution < 1.29 is 24.2 Å². The number of hydrogen-bond acceptors (Lipinski definition) is 5. The monoisotopic (exact) mass is 496 g/mol. The molecule has 2 N–H and O–H groups in total. The fraction of sp³-hybridized carbons (Fsp3) is 0.0800. The highest BCUT2D eigenvalue weighted by molar-refractivity contribution is 6.32. The number of halogens is 2. The Balaban J connectivity index is 1.83. The molecule has 34 heavy (non-hydrogen) atoms. The second-order valence-corrected chi connectivity index (χ2v) is 7.74. The largest absolute Gasteiger partial charge is 0.493 e. The summed E-state index contributed by atoms with van der Waals surface area (Å²) < 4.78 is 11.2. The van der Waals surface area contributed by atoms with Crippen LogP contribution in [0, 0.1) is 11.3 Å². The number of benzene rings is 3. The van der Waals surface area contributed by atoms with Gasteiger partial charge < -0.3 is 19.9 Å². The van der Waals surface area contributed by atoms with Crippen LogP contribution in [-0.2, 0) is 11.4 Å². The standard InChI is InChI=1S/C25H18Cl2N2O5/c1-33-22-11-15(10-21(27)23(22)34-14-17-5-2-3-8-20(17)26)9-18(13-28)24(30)29-19-7-4-6-16(12-19)25(31)32/h2-12H,14H2,1H3,(H,29,30)(H,31,32)/b18-9-. The van der Waals surface area contributed by atoms with Crippen molar-refractivity contribution in [1.82, 2.24) is 0 Å². The molecule has 172 valence electrons. The van der Waals surface area contributed by atoms with Crippen LogP contribution in [0.25, 0.3) is 6.08 Å². The van der Waals surface area contributed by atoms with Gasteiger partial charge in [0.25, 0.3) is 5.91 Å². The number of nitrogens with one attached hydrogen (secondary N) is 1. The molecule has 1 amide bonds. The fourth-order valence-electron chi connectivity index (χ4n) is 2.97. The summed E-state index contributed by atoms with van der Waals surface area (Å²) in [7, 11) is 1.44. The van der Waals surface area contributed by atoms with Gasteiger partial charge in [0.05, 0.1) is 17.7 Å². The van der Waals surface area contributed by atoms with Crippen LogP contribution < -0.4 is 14.8 Å². The molecule has 0 aliphatic carbocycles. The Labute approximate surface area is 205 Å². The predicted octanol–water partition coefficient (Wildman–Crippen LogP) is 5.82. The normalized spacial score (nSPS) is 10.8. The van der Waals surface area contributed by atoms with Crippen molar-refractivity contribution in [1.29, 1.82) is 5.26 Å². The maximum Gasteiger partial charge on any atom is 0.335 e. The number of nitriles is 1. The van der Waals surface area contributed by atoms with Gasteiger partial charge in [-0.2, -0.15) is 5.26 Å². The molecule has 0 saturated heterocycles. The first-order chi connectivity index (χ1) is 16.3. The molecule has 0 unspecified atom stereocenters. The van der Waals surface area contributed by atoms with E-state index in [9.17, 15) is 14.9 Å². The summed E-state index contributed by atoms with van der Waals surface area (Å²) in [5.74, 6) is -1.25. The van der Waals surface area contributed by atoms with Gasteiger partial charge in [0, 0.05) is 16.3 Å². The lowest BCUT2D eigenvalue weighted by molar-refractivity contribution is -0.112. The third-order valence-electron chi connectivity index (χ3n) is 4.63. The van der Waals surface area contributed by atoms with Crippen molar-refractivity contribution in [3.8, 4) is 17.6 Å². The van der Waals surface area contributed by atoms with E-state index in [-0.39, 0.29) is 34.2 Å². The molecule has 0 aliphatic rings. The van der Waals surface area contributed by atoms with E-state index in [1.165, 1.54) is 43.5 Å². The third-order valence-corrected chi connectivity index (χ3v) is 5.27. The van der Waals surface area contributed by atoms with Gasteiger partial charge in [-0.1, -0.05) is 47.5 Å². The Bertz CT molecular complexity index is 1310. The summed E-state index contributed by atoms with van der Waals surface area (Å²) in [6.45, 7) is 0.159. The number of carboxylic acid groups (broad SMARTS) is 1. The number of carboxylic acids is 1. The molecule has 0 aliphatic heterocycles. The number of aromatic carboxylic acids is 1. The topological polar surface area (TPSA) is 109 Å². The van der Waals surface area contributed by atoms with Gasteiger partial charge in [-0.3, -0.25) is 4.79 Å². The van der Waals surface area contributed by atoms with Gasteiger partial charge >= 0.3 is 5.97 Å². The number of methoxy groups -OCH3 is 1. The molecule has 3 aromatic carbocycles. The number of anilines is 1. The average molecular weight is 497 g/mol. The minimum absolute atomic E-state index is 0.00387. The quantitative estimate of drug-likeness (QED) is 0.300. The van der Waals surface area contributed by atoms with Crippen molar-refractivity contribution in [2.45, 2.75) is 6.61 Å². The van der Waals surface area contributed by atoms with Gasteiger partial charge in [0.1, 0.15) is 18.2 Å². The summed E-state index contributed by atoms with van der Waals surface area (Å²) in [4.78, 5) is 23.7. The van der Waals surface area contributed by atoms with E-state index in [0.717, 1.165) is 5.56 Å². The number of amides is 1. The van der Waals surface area contributed by atoms with E-state index in [2.05, 4.69) is 5.32 Å². The zero-order valence-corrected chi connectivity index (χ0v) is 19.4. The van der Waals surface area contributed by atoms with Gasteiger partial charge in [-0.25, -0.2) is 4.79 Å². The lowest BCUT2D eigenvalue weighted by atomic mass is 10.1. The summed E-state index contributed by atoms with van der Waals surface area (Å²) in [6.07, 6.45) is 1.34. The summed E-state index contributed by atoms with van der Waals surface area (Å²) in [5, 5.41) is 21.9. The molecule has 7 nitrogen and oxygen atoms in total. The van der Waals surface area contributed by atoms with Crippen LogP contribution in [0.15, 0.2) is 66.2 Å². The number of carbonyl (C=O) groups is 2. The molecule has 0 fully saturated rings. The number of ether oxygens (including phenoxy) is 2. The number of carbonyl (C=O) groups excluding carboxylic acids is 1. The molecule has 0 heterocycles. The second-order valence-electron chi connectivity index (χ2n) is 6.92. The maximum atomic E-state index is 12.6. The second kappa shape index (κ2) is 11.2. The minimum atomic E-state index is -1.13. The average Bonchev–Trinajstić information content (AvgIpc) is 2.82. The van der Waals surface area contributed by atoms with Crippen LogP contribution in [-0.4, -0.2) is 24.1 Å². The van der Waals surface area contributed by atoms with E-state index in [1.54, 1.807) is 12.1 Å². The van der Waals surface area contributed by atoms with Crippen LogP contribution in [0.1, 0.15) is 21.5 Å². The van der Waals surface area contributed by atoms with Crippen molar-refractivity contribution in [3.63, 3.8) is 0 Å². The lowest BCUT2D eigenvalue weighted by Crippen LogP contribution is -2.14. The van der Waals surface area contributed by atoms with Crippen molar-refractivity contribution >= 4 is 46.8 Å². The molecule has 0 aromatic heterocycles. The highest BCUT2D eigenvalue weighted by Gasteiger charge is 2.15. The molecular formula is C25H18Cl2N2O5. The fourth-order valence-corrected chi connectivity index (χ4v) is 3.44. The Morgan fingerprint density at radius 2 is 1.85 bits per heavy atom. The van der Waals surface area contributed by atoms with E-state index in [1.807, 2.05) is 24.3 Å². The molecule has 3 rings (SSSR count). The number of nitrogens with zero attached hydrogens (tertiary/aromatic N) is 1. The lowest BCUT2D eigenvalue weighted by Gasteiger charge is -2.14. The van der Waals surface area contributed by atoms with Gasteiger partial charge in [-0.15, -0.1) is 0 Å². The predicted molar refractivity (Wildman–Crippen MR) is 129 cm³/mol. The molecule has 0 bridgehead atoms. The first-order valence-corrected chi connectivity index (χ1v) is 10.6. The van der Waals surface area contributed by atoms with Crippen LogP contribution in [0.3, 0.4) is 0 Å². The molecule has 0 radical (unpaired) electrons. The van der Waals surface area contributed by atoms with E-state index in [4.69, 9.17) is 37.8 Å². The van der Waals surface area contributed by atoms with Gasteiger partial charge in [0.15, 0.2) is 11.5 Å². The highest BCUT2D eigenvalue weighted by Crippen LogP contribution is 2.38. The van der Waals surface area contributed by atoms with E-state index in [0.29, 0.717) is 16.3 Å². The zero-order valence-electron chi connectivity index (χ0n) is 17.8. The third kappa shape index (κ3) is 6.07. The first kappa shape index (κ1) is 24.6. The van der Waals surface area contributed by atoms with E-state index >= 15 is 0 Å². The van der Waals surface area contributed by atoms with Gasteiger partial charge in [0.2, 0.25) is 0 Å². The minimum Gasteiger partial charge on any atom is -0.493 e. The number of rotatable bonds is 8. The summed E-state index contributed by atoms with van der Waals surface area (Å²) in [5.41, 5.74) is 1.22. The van der Waals surface area contributed by atoms with Gasteiger partial charge in [-0.05, 0) is 48.0 Å². The van der Waals surface area contributed by atoms with Crippen molar-refractivity contribution in [2.24, 2.45) is 0 Å². The van der Waals surface area contributed by atoms with E-state index < -0.39 is 11.9 Å². The smallest absolute Gasteiger partial charge is 0.335 e. The summed E-state index contributed by atoms with van der Waals surface area (Å²) in [6, 6.07) is 17.8. The highest BCUT2D eigenvalue weighted by atomic mass is 35.5. The SMILES string of the molecule is COc1cc(/C=C(/C#N)C(=O)Nc2cccc(C(=O)O)c2)cc(Cl)c1OCc1ccccc1Cl. The van der Waals surface area contributed by atoms with Crippen LogP contribution in [0.4, 0.5) is 5.69 Å². The molecule has 0 spiro atoms. The van der Waals surface area contributed by atoms with Crippen LogP contribution in [0.2, 0.25) is 10.0 Å². The van der Waals surface area contributed by atoms with Crippen LogP contribution >= 0.6 is 23.2 Å². The van der Waals surface area contributed by atoms with Crippen molar-refractivity contribution in [3.05, 3.63) is 93.0 Å². The van der Waals surface area contributed by atoms with Crippen LogP contribution in [0.5, 0.6) is 11.5 Å². The zero-order chi connectivity index (χ0) is 24.7. The molecule has 9 heteroatoms. The number of hydrogen-bond donors (Lipinski definition) is 2. The molecular weight excluding hydrogens is 479 g/mol. The first-order valence-electron chi connectivity index (χ1n) is 9.82. The maximum absolute atomic E-state index is 12.6. The Hall–Kier alpha value is -3.99. The Morgan fingerprint density at radius 3 is 2.53 bits per heavy atom. The Kier molecular flexibility index (Phi) is 8.14.